The number of likely N-dealkylation sites (N-methyl/N-ethyl adjacent to an activating group) is 2. The SMILES string of the molecule is CCNC(CN1CCN(C)CC1)C(=O)OCC. The van der Waals surface area contributed by atoms with Gasteiger partial charge in [0.05, 0.1) is 6.61 Å². The van der Waals surface area contributed by atoms with Gasteiger partial charge in [-0.15, -0.1) is 0 Å². The van der Waals surface area contributed by atoms with E-state index in [-0.39, 0.29) is 12.0 Å². The molecule has 1 fully saturated rings. The second kappa shape index (κ2) is 7.63. The third-order valence-electron chi connectivity index (χ3n) is 3.06. The molecule has 5 nitrogen and oxygen atoms in total. The highest BCUT2D eigenvalue weighted by atomic mass is 16.5. The van der Waals surface area contributed by atoms with E-state index in [1.165, 1.54) is 0 Å². The van der Waals surface area contributed by atoms with Gasteiger partial charge in [-0.25, -0.2) is 0 Å². The van der Waals surface area contributed by atoms with Gasteiger partial charge in [0.25, 0.3) is 0 Å². The van der Waals surface area contributed by atoms with Crippen molar-refractivity contribution in [2.45, 2.75) is 19.9 Å². The molecular weight excluding hydrogens is 218 g/mol. The van der Waals surface area contributed by atoms with Crippen molar-refractivity contribution in [2.24, 2.45) is 0 Å². The molecule has 0 aromatic heterocycles. The van der Waals surface area contributed by atoms with Gasteiger partial charge in [-0.2, -0.15) is 0 Å². The first-order valence-electron chi connectivity index (χ1n) is 6.48. The van der Waals surface area contributed by atoms with Crippen LogP contribution < -0.4 is 5.32 Å². The number of esters is 1. The molecule has 1 N–H and O–H groups in total. The highest BCUT2D eigenvalue weighted by molar-refractivity contribution is 5.76. The molecule has 1 aliphatic rings. The van der Waals surface area contributed by atoms with Gasteiger partial charge >= 0.3 is 5.97 Å². The second-order valence-electron chi connectivity index (χ2n) is 4.47. The number of carbonyl (C=O) groups is 1. The van der Waals surface area contributed by atoms with Gasteiger partial charge in [0, 0.05) is 32.7 Å². The molecule has 1 saturated heterocycles. The minimum absolute atomic E-state index is 0.131. The summed E-state index contributed by atoms with van der Waals surface area (Å²) >= 11 is 0. The normalized spacial score (nSPS) is 20.2. The van der Waals surface area contributed by atoms with Gasteiger partial charge in [-0.1, -0.05) is 6.92 Å². The maximum atomic E-state index is 11.7. The van der Waals surface area contributed by atoms with E-state index in [2.05, 4.69) is 22.2 Å². The molecule has 0 aliphatic carbocycles. The van der Waals surface area contributed by atoms with Crippen molar-refractivity contribution in [2.75, 3.05) is 52.9 Å². The predicted molar refractivity (Wildman–Crippen MR) is 68.0 cm³/mol. The van der Waals surface area contributed by atoms with Gasteiger partial charge in [0.1, 0.15) is 6.04 Å². The topological polar surface area (TPSA) is 44.8 Å². The molecule has 0 amide bonds. The number of hydrogen-bond donors (Lipinski definition) is 1. The standard InChI is InChI=1S/C12H25N3O2/c1-4-13-11(12(16)17-5-2)10-15-8-6-14(3)7-9-15/h11,13H,4-10H2,1-3H3. The van der Waals surface area contributed by atoms with Crippen LogP contribution in [0.25, 0.3) is 0 Å². The Bertz CT molecular complexity index is 228. The van der Waals surface area contributed by atoms with Crippen LogP contribution in [0.5, 0.6) is 0 Å². The van der Waals surface area contributed by atoms with Crippen molar-refractivity contribution in [1.29, 1.82) is 0 Å². The predicted octanol–water partition coefficient (Wildman–Crippen LogP) is -0.225. The fourth-order valence-corrected chi connectivity index (χ4v) is 2.00. The Morgan fingerprint density at radius 1 is 1.29 bits per heavy atom. The van der Waals surface area contributed by atoms with E-state index in [1.54, 1.807) is 0 Å². The van der Waals surface area contributed by atoms with E-state index >= 15 is 0 Å². The summed E-state index contributed by atoms with van der Waals surface area (Å²) in [6.45, 7) is 10.0. The highest BCUT2D eigenvalue weighted by Gasteiger charge is 2.23. The maximum absolute atomic E-state index is 11.7. The van der Waals surface area contributed by atoms with E-state index in [0.29, 0.717) is 6.61 Å². The summed E-state index contributed by atoms with van der Waals surface area (Å²) in [5, 5.41) is 3.20. The fraction of sp³-hybridized carbons (Fsp3) is 0.917. The summed E-state index contributed by atoms with van der Waals surface area (Å²) in [4.78, 5) is 16.4. The molecule has 0 radical (unpaired) electrons. The Kier molecular flexibility index (Phi) is 6.47. The molecule has 0 aromatic carbocycles. The lowest BCUT2D eigenvalue weighted by Crippen LogP contribution is -2.52. The largest absolute Gasteiger partial charge is 0.465 e. The van der Waals surface area contributed by atoms with Crippen LogP contribution in [0, 0.1) is 0 Å². The van der Waals surface area contributed by atoms with Crippen LogP contribution in [-0.4, -0.2) is 74.7 Å². The number of carbonyl (C=O) groups excluding carboxylic acids is 1. The van der Waals surface area contributed by atoms with Gasteiger partial charge in [0.15, 0.2) is 0 Å². The number of ether oxygens (including phenoxy) is 1. The Morgan fingerprint density at radius 3 is 2.47 bits per heavy atom. The van der Waals surface area contributed by atoms with E-state index in [9.17, 15) is 4.79 Å². The Balaban J connectivity index is 2.40. The first-order valence-corrected chi connectivity index (χ1v) is 6.48. The summed E-state index contributed by atoms with van der Waals surface area (Å²) in [7, 11) is 2.13. The molecule has 0 saturated carbocycles. The third-order valence-corrected chi connectivity index (χ3v) is 3.06. The van der Waals surface area contributed by atoms with Crippen molar-refractivity contribution in [3.05, 3.63) is 0 Å². The summed E-state index contributed by atoms with van der Waals surface area (Å²) in [5.74, 6) is -0.131. The lowest BCUT2D eigenvalue weighted by Gasteiger charge is -2.34. The molecule has 0 bridgehead atoms. The quantitative estimate of drug-likeness (QED) is 0.653. The molecule has 1 unspecified atom stereocenters. The maximum Gasteiger partial charge on any atom is 0.324 e. The van der Waals surface area contributed by atoms with Gasteiger partial charge in [0.2, 0.25) is 0 Å². The van der Waals surface area contributed by atoms with Crippen LogP contribution in [0.4, 0.5) is 0 Å². The van der Waals surface area contributed by atoms with Crippen LogP contribution in [0.1, 0.15) is 13.8 Å². The second-order valence-corrected chi connectivity index (χ2v) is 4.47. The molecule has 1 aliphatic heterocycles. The summed E-state index contributed by atoms with van der Waals surface area (Å²) < 4.78 is 5.08. The minimum Gasteiger partial charge on any atom is -0.465 e. The Morgan fingerprint density at radius 2 is 1.94 bits per heavy atom. The fourth-order valence-electron chi connectivity index (χ4n) is 2.00. The first kappa shape index (κ1) is 14.4. The minimum atomic E-state index is -0.191. The van der Waals surface area contributed by atoms with E-state index < -0.39 is 0 Å². The molecule has 100 valence electrons. The van der Waals surface area contributed by atoms with Crippen LogP contribution in [0.3, 0.4) is 0 Å². The lowest BCUT2D eigenvalue weighted by atomic mass is 10.2. The highest BCUT2D eigenvalue weighted by Crippen LogP contribution is 2.02. The third kappa shape index (κ3) is 5.02. The van der Waals surface area contributed by atoms with Crippen LogP contribution in [0.2, 0.25) is 0 Å². The van der Waals surface area contributed by atoms with Gasteiger partial charge < -0.3 is 15.0 Å². The zero-order valence-corrected chi connectivity index (χ0v) is 11.2. The van der Waals surface area contributed by atoms with Crippen LogP contribution in [0.15, 0.2) is 0 Å². The number of piperazine rings is 1. The lowest BCUT2D eigenvalue weighted by molar-refractivity contribution is -0.146. The Hall–Kier alpha value is -0.650. The van der Waals surface area contributed by atoms with E-state index in [1.807, 2.05) is 13.8 Å². The van der Waals surface area contributed by atoms with E-state index in [0.717, 1.165) is 39.3 Å². The first-order chi connectivity index (χ1) is 8.17. The monoisotopic (exact) mass is 243 g/mol. The summed E-state index contributed by atoms with van der Waals surface area (Å²) in [6.07, 6.45) is 0. The molecule has 1 heterocycles. The van der Waals surface area contributed by atoms with Crippen LogP contribution >= 0.6 is 0 Å². The number of hydrogen-bond acceptors (Lipinski definition) is 5. The zero-order chi connectivity index (χ0) is 12.7. The Labute approximate surface area is 104 Å². The summed E-state index contributed by atoms with van der Waals surface area (Å²) in [5.41, 5.74) is 0. The van der Waals surface area contributed by atoms with Crippen molar-refractivity contribution < 1.29 is 9.53 Å². The van der Waals surface area contributed by atoms with Crippen LogP contribution in [-0.2, 0) is 9.53 Å². The number of nitrogens with one attached hydrogen (secondary N) is 1. The summed E-state index contributed by atoms with van der Waals surface area (Å²) in [6, 6.07) is -0.191. The number of rotatable bonds is 6. The van der Waals surface area contributed by atoms with Crippen molar-refractivity contribution in [3.63, 3.8) is 0 Å². The molecule has 0 aromatic rings. The van der Waals surface area contributed by atoms with Crippen molar-refractivity contribution in [1.82, 2.24) is 15.1 Å². The smallest absolute Gasteiger partial charge is 0.324 e. The molecule has 0 spiro atoms. The van der Waals surface area contributed by atoms with Crippen molar-refractivity contribution >= 4 is 5.97 Å². The number of nitrogens with zero attached hydrogens (tertiary/aromatic N) is 2. The zero-order valence-electron chi connectivity index (χ0n) is 11.2. The van der Waals surface area contributed by atoms with Gasteiger partial charge in [-0.3, -0.25) is 9.69 Å². The van der Waals surface area contributed by atoms with Crippen molar-refractivity contribution in [3.8, 4) is 0 Å². The molecule has 1 atom stereocenters. The average molecular weight is 243 g/mol. The molecule has 17 heavy (non-hydrogen) atoms. The van der Waals surface area contributed by atoms with Gasteiger partial charge in [-0.05, 0) is 20.5 Å². The molecule has 1 rings (SSSR count). The molecule has 5 heteroatoms. The molecular formula is C12H25N3O2. The van der Waals surface area contributed by atoms with E-state index in [4.69, 9.17) is 4.74 Å². The average Bonchev–Trinajstić information content (AvgIpc) is 2.31.